The zero-order valence-electron chi connectivity index (χ0n) is 18.4. The van der Waals surface area contributed by atoms with E-state index in [1.807, 2.05) is 6.07 Å². The lowest BCUT2D eigenvalue weighted by atomic mass is 10.00. The zero-order valence-corrected chi connectivity index (χ0v) is 19.2. The summed E-state index contributed by atoms with van der Waals surface area (Å²) in [6.45, 7) is 10.3. The molecule has 3 heterocycles. The monoisotopic (exact) mass is 430 g/mol. The Morgan fingerprint density at radius 1 is 1.20 bits per heavy atom. The second-order valence-corrected chi connectivity index (χ2v) is 9.74. The van der Waals surface area contributed by atoms with E-state index < -0.39 is 0 Å². The highest BCUT2D eigenvalue weighted by Gasteiger charge is 2.26. The summed E-state index contributed by atoms with van der Waals surface area (Å²) in [5.41, 5.74) is 1.23. The summed E-state index contributed by atoms with van der Waals surface area (Å²) in [7, 11) is 0. The van der Waals surface area contributed by atoms with Crippen LogP contribution in [0, 0.1) is 5.92 Å². The zero-order chi connectivity index (χ0) is 20.9. The van der Waals surface area contributed by atoms with Crippen LogP contribution in [0.1, 0.15) is 52.0 Å². The van der Waals surface area contributed by atoms with Gasteiger partial charge in [0, 0.05) is 25.4 Å². The van der Waals surface area contributed by atoms with Crippen LogP contribution < -0.4 is 9.64 Å². The number of piperidine rings is 1. The van der Waals surface area contributed by atoms with Gasteiger partial charge in [-0.25, -0.2) is 0 Å². The Morgan fingerprint density at radius 2 is 2.03 bits per heavy atom. The van der Waals surface area contributed by atoms with Gasteiger partial charge < -0.3 is 14.4 Å². The third kappa shape index (κ3) is 5.49. The van der Waals surface area contributed by atoms with E-state index in [-0.39, 0.29) is 12.2 Å². The van der Waals surface area contributed by atoms with Crippen molar-refractivity contribution in [2.24, 2.45) is 5.92 Å². The van der Waals surface area contributed by atoms with Gasteiger partial charge in [-0.1, -0.05) is 30.8 Å². The Hall–Kier alpha value is -1.73. The van der Waals surface area contributed by atoms with Gasteiger partial charge in [0.05, 0.1) is 18.8 Å². The molecule has 2 aromatic rings. The van der Waals surface area contributed by atoms with Crippen molar-refractivity contribution in [2.45, 2.75) is 76.1 Å². The molecule has 2 saturated heterocycles. The number of rotatable bonds is 8. The second-order valence-electron chi connectivity index (χ2n) is 8.80. The molecule has 0 amide bonds. The molecule has 0 radical (unpaired) electrons. The molecule has 1 atom stereocenters. The molecule has 7 heteroatoms. The van der Waals surface area contributed by atoms with E-state index in [4.69, 9.17) is 9.47 Å². The molecule has 2 aliphatic rings. The number of thioether (sulfide) groups is 1. The molecule has 0 spiro atoms. The van der Waals surface area contributed by atoms with Gasteiger partial charge in [0.2, 0.25) is 5.95 Å². The van der Waals surface area contributed by atoms with E-state index in [1.54, 1.807) is 11.8 Å². The quantitative estimate of drug-likeness (QED) is 0.562. The first-order valence-corrected chi connectivity index (χ1v) is 12.2. The lowest BCUT2D eigenvalue weighted by Gasteiger charge is -2.31. The molecule has 1 aromatic heterocycles. The fourth-order valence-electron chi connectivity index (χ4n) is 4.11. The minimum Gasteiger partial charge on any atom is -0.491 e. The Bertz CT molecular complexity index is 811. The molecular formula is C23H34N4O2S. The molecule has 1 unspecified atom stereocenters. The average molecular weight is 431 g/mol. The van der Waals surface area contributed by atoms with Crippen LogP contribution in [0.25, 0.3) is 0 Å². The number of hydrogen-bond acceptors (Lipinski definition) is 6. The van der Waals surface area contributed by atoms with Gasteiger partial charge in [0.15, 0.2) is 5.16 Å². The highest BCUT2D eigenvalue weighted by Crippen LogP contribution is 2.30. The highest BCUT2D eigenvalue weighted by molar-refractivity contribution is 7.98. The van der Waals surface area contributed by atoms with E-state index in [0.29, 0.717) is 0 Å². The Morgan fingerprint density at radius 3 is 2.77 bits per heavy atom. The van der Waals surface area contributed by atoms with E-state index >= 15 is 0 Å². The Labute approximate surface area is 184 Å². The van der Waals surface area contributed by atoms with Crippen molar-refractivity contribution in [3.63, 3.8) is 0 Å². The van der Waals surface area contributed by atoms with Crippen molar-refractivity contribution in [1.29, 1.82) is 0 Å². The number of aromatic nitrogens is 3. The topological polar surface area (TPSA) is 52.4 Å². The van der Waals surface area contributed by atoms with Gasteiger partial charge in [-0.05, 0) is 63.1 Å². The Balaban J connectivity index is 1.49. The van der Waals surface area contributed by atoms with E-state index in [9.17, 15) is 0 Å². The number of nitrogens with zero attached hydrogens (tertiary/aromatic N) is 4. The van der Waals surface area contributed by atoms with Crippen LogP contribution in [0.4, 0.5) is 5.95 Å². The molecule has 6 nitrogen and oxygen atoms in total. The highest BCUT2D eigenvalue weighted by atomic mass is 32.2. The van der Waals surface area contributed by atoms with Gasteiger partial charge in [-0.3, -0.25) is 4.57 Å². The molecular weight excluding hydrogens is 396 g/mol. The average Bonchev–Trinajstić information content (AvgIpc) is 3.37. The first-order chi connectivity index (χ1) is 14.6. The molecule has 2 fully saturated rings. The minimum absolute atomic E-state index is 0.178. The summed E-state index contributed by atoms with van der Waals surface area (Å²) in [5.74, 6) is 3.57. The van der Waals surface area contributed by atoms with Crippen molar-refractivity contribution < 1.29 is 9.47 Å². The molecule has 1 aromatic carbocycles. The molecule has 164 valence electrons. The predicted octanol–water partition coefficient (Wildman–Crippen LogP) is 4.77. The van der Waals surface area contributed by atoms with Gasteiger partial charge in [-0.15, -0.1) is 10.2 Å². The van der Waals surface area contributed by atoms with Crippen molar-refractivity contribution in [3.8, 4) is 5.75 Å². The third-order valence-electron chi connectivity index (χ3n) is 5.81. The van der Waals surface area contributed by atoms with Crippen LogP contribution in [0.2, 0.25) is 0 Å². The maximum absolute atomic E-state index is 5.94. The molecule has 0 saturated carbocycles. The lowest BCUT2D eigenvalue weighted by Crippen LogP contribution is -2.35. The molecule has 30 heavy (non-hydrogen) atoms. The molecule has 2 aliphatic heterocycles. The molecule has 0 aliphatic carbocycles. The summed E-state index contributed by atoms with van der Waals surface area (Å²) in [6.07, 6.45) is 5.15. The summed E-state index contributed by atoms with van der Waals surface area (Å²) in [6, 6.07) is 8.35. The number of anilines is 1. The van der Waals surface area contributed by atoms with Crippen LogP contribution in [0.5, 0.6) is 5.75 Å². The van der Waals surface area contributed by atoms with Gasteiger partial charge in [0.25, 0.3) is 0 Å². The Kier molecular flexibility index (Phi) is 7.20. The number of hydrogen-bond donors (Lipinski definition) is 0. The maximum atomic E-state index is 5.94. The van der Waals surface area contributed by atoms with Crippen LogP contribution in [-0.4, -0.2) is 46.7 Å². The van der Waals surface area contributed by atoms with Gasteiger partial charge >= 0.3 is 0 Å². The van der Waals surface area contributed by atoms with E-state index in [1.165, 1.54) is 18.4 Å². The van der Waals surface area contributed by atoms with Crippen molar-refractivity contribution in [1.82, 2.24) is 14.8 Å². The third-order valence-corrected chi connectivity index (χ3v) is 6.85. The van der Waals surface area contributed by atoms with Crippen molar-refractivity contribution >= 4 is 17.7 Å². The minimum atomic E-state index is 0.178. The largest absolute Gasteiger partial charge is 0.491 e. The standard InChI is InChI=1S/C23H34N4O2S/c1-17(2)29-20-7-4-6-19(14-20)16-30-23-25-24-22(26-11-9-18(3)10-12-26)27(23)15-21-8-5-13-28-21/h4,6-7,14,17-18,21H,5,8-13,15-16H2,1-3H3. The van der Waals surface area contributed by atoms with Crippen LogP contribution in [-0.2, 0) is 17.0 Å². The van der Waals surface area contributed by atoms with Crippen molar-refractivity contribution in [3.05, 3.63) is 29.8 Å². The van der Waals surface area contributed by atoms with Crippen molar-refractivity contribution in [2.75, 3.05) is 24.6 Å². The fraction of sp³-hybridized carbons (Fsp3) is 0.652. The number of ether oxygens (including phenoxy) is 2. The SMILES string of the molecule is CC1CCN(c2nnc(SCc3cccc(OC(C)C)c3)n2CC2CCCO2)CC1. The summed E-state index contributed by atoms with van der Waals surface area (Å²) >= 11 is 1.75. The lowest BCUT2D eigenvalue weighted by molar-refractivity contribution is 0.0951. The smallest absolute Gasteiger partial charge is 0.228 e. The van der Waals surface area contributed by atoms with Crippen LogP contribution in [0.15, 0.2) is 29.4 Å². The first-order valence-electron chi connectivity index (χ1n) is 11.3. The van der Waals surface area contributed by atoms with E-state index in [0.717, 1.165) is 67.6 Å². The fourth-order valence-corrected chi connectivity index (χ4v) is 5.00. The van der Waals surface area contributed by atoms with E-state index in [2.05, 4.69) is 58.6 Å². The maximum Gasteiger partial charge on any atom is 0.228 e. The first kappa shape index (κ1) is 21.5. The van der Waals surface area contributed by atoms with Gasteiger partial charge in [0.1, 0.15) is 5.75 Å². The summed E-state index contributed by atoms with van der Waals surface area (Å²) in [4.78, 5) is 2.41. The molecule has 0 N–H and O–H groups in total. The normalized spacial score (nSPS) is 20.3. The summed E-state index contributed by atoms with van der Waals surface area (Å²) in [5, 5.41) is 10.2. The van der Waals surface area contributed by atoms with Crippen LogP contribution >= 0.6 is 11.8 Å². The molecule has 0 bridgehead atoms. The van der Waals surface area contributed by atoms with Crippen LogP contribution in [0.3, 0.4) is 0 Å². The second kappa shape index (κ2) is 10.1. The molecule has 4 rings (SSSR count). The van der Waals surface area contributed by atoms with Gasteiger partial charge in [-0.2, -0.15) is 0 Å². The summed E-state index contributed by atoms with van der Waals surface area (Å²) < 4.78 is 14.1. The number of benzene rings is 1. The predicted molar refractivity (Wildman–Crippen MR) is 121 cm³/mol.